The summed E-state index contributed by atoms with van der Waals surface area (Å²) < 4.78 is 6.61. The molecule has 0 radical (unpaired) electrons. The summed E-state index contributed by atoms with van der Waals surface area (Å²) in [5.74, 6) is 1.55. The summed E-state index contributed by atoms with van der Waals surface area (Å²) in [6.07, 6.45) is 4.53. The Kier molecular flexibility index (Phi) is 4.06. The molecule has 1 aromatic carbocycles. The van der Waals surface area contributed by atoms with Crippen LogP contribution in [0.4, 0.5) is 0 Å². The lowest BCUT2D eigenvalue weighted by Gasteiger charge is -2.47. The smallest absolute Gasteiger partial charge is 0.206 e. The summed E-state index contributed by atoms with van der Waals surface area (Å²) in [5, 5.41) is 18.2. The van der Waals surface area contributed by atoms with Gasteiger partial charge in [0.05, 0.1) is 5.02 Å². The number of H-pyrrole nitrogens is 1. The van der Waals surface area contributed by atoms with Crippen LogP contribution in [-0.4, -0.2) is 44.3 Å². The molecule has 0 saturated carbocycles. The zero-order chi connectivity index (χ0) is 18.3. The Morgan fingerprint density at radius 2 is 2.04 bits per heavy atom. The zero-order valence-corrected chi connectivity index (χ0v) is 15.4. The third-order valence-corrected chi connectivity index (χ3v) is 5.91. The minimum absolute atomic E-state index is 0.171. The van der Waals surface area contributed by atoms with Crippen LogP contribution in [0.5, 0.6) is 5.75 Å². The largest absolute Gasteiger partial charge is 0.485 e. The number of hydrogen-bond donors (Lipinski definition) is 2. The number of halogens is 1. The second-order valence-electron chi connectivity index (χ2n) is 7.11. The average molecular weight is 383 g/mol. The number of rotatable bonds is 2. The number of nitrogens with one attached hydrogen (secondary N) is 2. The van der Waals surface area contributed by atoms with Crippen molar-refractivity contribution in [2.24, 2.45) is 0 Å². The van der Waals surface area contributed by atoms with Crippen LogP contribution in [-0.2, 0) is 6.42 Å². The highest BCUT2D eigenvalue weighted by Gasteiger charge is 2.47. The van der Waals surface area contributed by atoms with Crippen LogP contribution in [0, 0.1) is 0 Å². The summed E-state index contributed by atoms with van der Waals surface area (Å²) in [6.45, 7) is 1.86. The number of aromatic nitrogens is 5. The summed E-state index contributed by atoms with van der Waals surface area (Å²) in [6, 6.07) is 10.0. The lowest BCUT2D eigenvalue weighted by molar-refractivity contribution is -0.00406. The molecule has 1 spiro atoms. The molecule has 2 aliphatic heterocycles. The fourth-order valence-corrected chi connectivity index (χ4v) is 4.44. The standard InChI is InChI=1S/C19H19ClN6O/c20-15-3-1-2-12-10-14(19(27-17(12)15)6-8-21-9-7-19)16-5-4-13(11-22-16)18-23-25-26-24-18/h1-5,11,14,21H,6-10H2,(H,23,24,25,26)/t14-/m1/s1. The predicted octanol–water partition coefficient (Wildman–Crippen LogP) is 2.76. The molecule has 2 aliphatic rings. The van der Waals surface area contributed by atoms with E-state index in [1.165, 1.54) is 0 Å². The van der Waals surface area contributed by atoms with Crippen LogP contribution < -0.4 is 10.1 Å². The number of fused-ring (bicyclic) bond motifs is 1. The van der Waals surface area contributed by atoms with Crippen LogP contribution in [0.2, 0.25) is 5.02 Å². The molecule has 2 N–H and O–H groups in total. The molecular weight excluding hydrogens is 364 g/mol. The van der Waals surface area contributed by atoms with Gasteiger partial charge in [-0.3, -0.25) is 4.98 Å². The Labute approximate surface area is 161 Å². The number of para-hydroxylation sites is 1. The minimum atomic E-state index is -0.288. The molecule has 5 rings (SSSR count). The van der Waals surface area contributed by atoms with Crippen molar-refractivity contribution in [3.8, 4) is 17.1 Å². The van der Waals surface area contributed by atoms with Crippen LogP contribution in [0.1, 0.15) is 30.0 Å². The van der Waals surface area contributed by atoms with E-state index in [9.17, 15) is 0 Å². The fraction of sp³-hybridized carbons (Fsp3) is 0.368. The molecule has 0 unspecified atom stereocenters. The van der Waals surface area contributed by atoms with E-state index in [0.717, 1.165) is 54.9 Å². The maximum absolute atomic E-state index is 6.61. The normalized spacial score (nSPS) is 20.9. The Morgan fingerprint density at radius 3 is 2.78 bits per heavy atom. The highest BCUT2D eigenvalue weighted by Crippen LogP contribution is 2.48. The predicted molar refractivity (Wildman–Crippen MR) is 101 cm³/mol. The maximum Gasteiger partial charge on any atom is 0.206 e. The number of benzene rings is 1. The van der Waals surface area contributed by atoms with Gasteiger partial charge in [0.1, 0.15) is 11.4 Å². The number of nitrogens with zero attached hydrogens (tertiary/aromatic N) is 4. The zero-order valence-electron chi connectivity index (χ0n) is 14.7. The number of ether oxygens (including phenoxy) is 1. The van der Waals surface area contributed by atoms with E-state index in [1.807, 2.05) is 24.4 Å². The number of piperidine rings is 1. The summed E-state index contributed by atoms with van der Waals surface area (Å²) in [5.41, 5.74) is 2.71. The summed E-state index contributed by atoms with van der Waals surface area (Å²) >= 11 is 6.44. The first-order chi connectivity index (χ1) is 13.3. The van der Waals surface area contributed by atoms with Gasteiger partial charge >= 0.3 is 0 Å². The monoisotopic (exact) mass is 382 g/mol. The second-order valence-corrected chi connectivity index (χ2v) is 7.52. The first kappa shape index (κ1) is 16.6. The van der Waals surface area contributed by atoms with E-state index in [-0.39, 0.29) is 11.5 Å². The van der Waals surface area contributed by atoms with Crippen LogP contribution in [0.15, 0.2) is 36.5 Å². The summed E-state index contributed by atoms with van der Waals surface area (Å²) in [4.78, 5) is 4.75. The van der Waals surface area contributed by atoms with Crippen molar-refractivity contribution in [3.63, 3.8) is 0 Å². The Balaban J connectivity index is 1.54. The van der Waals surface area contributed by atoms with E-state index in [4.69, 9.17) is 21.3 Å². The first-order valence-electron chi connectivity index (χ1n) is 9.12. The van der Waals surface area contributed by atoms with Crippen LogP contribution in [0.3, 0.4) is 0 Å². The van der Waals surface area contributed by atoms with Crippen molar-refractivity contribution in [3.05, 3.63) is 52.8 Å². The van der Waals surface area contributed by atoms with Gasteiger partial charge in [-0.25, -0.2) is 0 Å². The van der Waals surface area contributed by atoms with Crippen LogP contribution >= 0.6 is 11.6 Å². The lowest BCUT2D eigenvalue weighted by atomic mass is 9.73. The highest BCUT2D eigenvalue weighted by atomic mass is 35.5. The van der Waals surface area contributed by atoms with Gasteiger partial charge in [0.15, 0.2) is 0 Å². The molecule has 4 heterocycles. The minimum Gasteiger partial charge on any atom is -0.485 e. The molecule has 0 amide bonds. The van der Waals surface area contributed by atoms with Gasteiger partial charge in [0.2, 0.25) is 5.82 Å². The van der Waals surface area contributed by atoms with Crippen LogP contribution in [0.25, 0.3) is 11.4 Å². The second kappa shape index (κ2) is 6.58. The van der Waals surface area contributed by atoms with Crippen molar-refractivity contribution in [2.75, 3.05) is 13.1 Å². The topological polar surface area (TPSA) is 88.6 Å². The molecule has 1 saturated heterocycles. The van der Waals surface area contributed by atoms with Crippen molar-refractivity contribution < 1.29 is 4.74 Å². The molecule has 7 nitrogen and oxygen atoms in total. The van der Waals surface area contributed by atoms with E-state index in [0.29, 0.717) is 10.8 Å². The van der Waals surface area contributed by atoms with Crippen molar-refractivity contribution in [2.45, 2.75) is 30.8 Å². The molecule has 1 atom stereocenters. The van der Waals surface area contributed by atoms with Gasteiger partial charge in [-0.1, -0.05) is 23.7 Å². The average Bonchev–Trinajstić information content (AvgIpc) is 3.24. The number of tetrazole rings is 1. The molecule has 0 aliphatic carbocycles. The quantitative estimate of drug-likeness (QED) is 0.708. The number of pyridine rings is 1. The van der Waals surface area contributed by atoms with Crippen molar-refractivity contribution in [1.29, 1.82) is 0 Å². The van der Waals surface area contributed by atoms with Crippen molar-refractivity contribution in [1.82, 2.24) is 30.9 Å². The molecule has 138 valence electrons. The molecule has 1 fully saturated rings. The fourth-order valence-electron chi connectivity index (χ4n) is 4.21. The van der Waals surface area contributed by atoms with Gasteiger partial charge in [0, 0.05) is 36.2 Å². The third-order valence-electron chi connectivity index (χ3n) is 5.61. The van der Waals surface area contributed by atoms with Crippen molar-refractivity contribution >= 4 is 11.6 Å². The lowest BCUT2D eigenvalue weighted by Crippen LogP contribution is -2.53. The van der Waals surface area contributed by atoms with Gasteiger partial charge in [-0.05, 0) is 48.5 Å². The Morgan fingerprint density at radius 1 is 1.15 bits per heavy atom. The third kappa shape index (κ3) is 2.87. The van der Waals surface area contributed by atoms with E-state index < -0.39 is 0 Å². The molecule has 0 bridgehead atoms. The molecule has 8 heteroatoms. The van der Waals surface area contributed by atoms with Gasteiger partial charge in [-0.15, -0.1) is 10.2 Å². The maximum atomic E-state index is 6.61. The van der Waals surface area contributed by atoms with E-state index in [1.54, 1.807) is 0 Å². The number of hydrogen-bond acceptors (Lipinski definition) is 6. The summed E-state index contributed by atoms with van der Waals surface area (Å²) in [7, 11) is 0. The Bertz CT molecular complexity index is 937. The van der Waals surface area contributed by atoms with E-state index >= 15 is 0 Å². The SMILES string of the molecule is Clc1cccc2c1OC1(CCNCC1)[C@@H](c1ccc(-c3nn[nH]n3)cn1)C2. The molecule has 2 aromatic heterocycles. The molecule has 27 heavy (non-hydrogen) atoms. The molecular formula is C19H19ClN6O. The first-order valence-corrected chi connectivity index (χ1v) is 9.50. The van der Waals surface area contributed by atoms with Gasteiger partial charge in [0.25, 0.3) is 0 Å². The van der Waals surface area contributed by atoms with Gasteiger partial charge < -0.3 is 10.1 Å². The highest BCUT2D eigenvalue weighted by molar-refractivity contribution is 6.32. The molecule has 3 aromatic rings. The Hall–Kier alpha value is -2.51. The number of aromatic amines is 1. The van der Waals surface area contributed by atoms with E-state index in [2.05, 4.69) is 38.1 Å². The van der Waals surface area contributed by atoms with Gasteiger partial charge in [-0.2, -0.15) is 5.21 Å².